The van der Waals surface area contributed by atoms with E-state index in [9.17, 15) is 4.79 Å². The summed E-state index contributed by atoms with van der Waals surface area (Å²) in [7, 11) is 0. The molecule has 0 bridgehead atoms. The highest BCUT2D eigenvalue weighted by molar-refractivity contribution is 6.22. The largest absolute Gasteiger partial charge is 0.339 e. The SMILES string of the molecule is Cc1ccc(-n2nc(C(=O)Nc3ccccc3)c(C3=Nc4cccc5cccc(c45)N3)c2C)cc1. The summed E-state index contributed by atoms with van der Waals surface area (Å²) in [5, 5.41) is 13.4. The number of nitrogens with one attached hydrogen (secondary N) is 2. The number of amidine groups is 1. The average Bonchev–Trinajstić information content (AvgIpc) is 3.22. The number of amides is 1. The molecule has 5 aromatic rings. The fraction of sp³-hybridized carbons (Fsp3) is 0.0690. The minimum Gasteiger partial charge on any atom is -0.339 e. The highest BCUT2D eigenvalue weighted by Gasteiger charge is 2.28. The third-order valence-corrected chi connectivity index (χ3v) is 6.25. The molecule has 0 atom stereocenters. The van der Waals surface area contributed by atoms with Gasteiger partial charge < -0.3 is 10.6 Å². The number of nitrogens with zero attached hydrogens (tertiary/aromatic N) is 3. The lowest BCUT2D eigenvalue weighted by atomic mass is 10.0. The van der Waals surface area contributed by atoms with Crippen LogP contribution in [0.25, 0.3) is 16.5 Å². The molecule has 170 valence electrons. The van der Waals surface area contributed by atoms with Gasteiger partial charge in [0.25, 0.3) is 5.91 Å². The predicted molar refractivity (Wildman–Crippen MR) is 141 cm³/mol. The molecular weight excluding hydrogens is 434 g/mol. The van der Waals surface area contributed by atoms with Crippen molar-refractivity contribution in [1.29, 1.82) is 0 Å². The summed E-state index contributed by atoms with van der Waals surface area (Å²) in [6.07, 6.45) is 0. The van der Waals surface area contributed by atoms with Crippen molar-refractivity contribution in [1.82, 2.24) is 9.78 Å². The van der Waals surface area contributed by atoms with Gasteiger partial charge in [-0.3, -0.25) is 4.79 Å². The van der Waals surface area contributed by atoms with Crippen LogP contribution in [-0.2, 0) is 0 Å². The van der Waals surface area contributed by atoms with E-state index in [1.165, 1.54) is 0 Å². The Bertz CT molecular complexity index is 1610. The van der Waals surface area contributed by atoms with E-state index < -0.39 is 0 Å². The summed E-state index contributed by atoms with van der Waals surface area (Å²) in [5.41, 5.74) is 6.37. The molecule has 1 aromatic heterocycles. The molecule has 4 aromatic carbocycles. The second kappa shape index (κ2) is 8.25. The molecule has 1 aliphatic rings. The smallest absolute Gasteiger partial charge is 0.276 e. The topological polar surface area (TPSA) is 71.3 Å². The molecule has 0 unspecified atom stereocenters. The van der Waals surface area contributed by atoms with Gasteiger partial charge in [0, 0.05) is 16.8 Å². The van der Waals surface area contributed by atoms with Crippen LogP contribution in [0.15, 0.2) is 96.0 Å². The lowest BCUT2D eigenvalue weighted by Gasteiger charge is -2.19. The normalized spacial score (nSPS) is 12.2. The number of aryl methyl sites for hydroxylation is 1. The van der Waals surface area contributed by atoms with E-state index in [2.05, 4.69) is 22.8 Å². The number of aromatic nitrogens is 2. The monoisotopic (exact) mass is 457 g/mol. The first-order valence-corrected chi connectivity index (χ1v) is 11.5. The maximum Gasteiger partial charge on any atom is 0.276 e. The van der Waals surface area contributed by atoms with Gasteiger partial charge in [0.15, 0.2) is 5.69 Å². The van der Waals surface area contributed by atoms with Crippen LogP contribution in [0.4, 0.5) is 17.1 Å². The zero-order chi connectivity index (χ0) is 23.9. The van der Waals surface area contributed by atoms with Crippen LogP contribution >= 0.6 is 0 Å². The number of rotatable bonds is 4. The summed E-state index contributed by atoms with van der Waals surface area (Å²) in [6.45, 7) is 4.01. The van der Waals surface area contributed by atoms with Crippen molar-refractivity contribution in [2.45, 2.75) is 13.8 Å². The summed E-state index contributed by atoms with van der Waals surface area (Å²) in [4.78, 5) is 18.4. The van der Waals surface area contributed by atoms with Crippen molar-refractivity contribution in [2.75, 3.05) is 10.6 Å². The van der Waals surface area contributed by atoms with Crippen molar-refractivity contribution >= 4 is 39.6 Å². The molecule has 6 nitrogen and oxygen atoms in total. The second-order valence-corrected chi connectivity index (χ2v) is 8.64. The highest BCUT2D eigenvalue weighted by Crippen LogP contribution is 2.37. The Kier molecular flexibility index (Phi) is 4.92. The number of hydrogen-bond donors (Lipinski definition) is 2. The quantitative estimate of drug-likeness (QED) is 0.328. The number of aliphatic imine (C=N–C) groups is 1. The van der Waals surface area contributed by atoms with Gasteiger partial charge >= 0.3 is 0 Å². The standard InChI is InChI=1S/C29H23N5O/c1-18-14-16-22(17-15-18)34-19(2)25(27(33-34)29(35)30-21-10-4-3-5-11-21)28-31-23-12-6-8-20-9-7-13-24(32-28)26(20)23/h3-17H,1-2H3,(H,30,35)(H,31,32). The molecule has 2 N–H and O–H groups in total. The minimum atomic E-state index is -0.290. The predicted octanol–water partition coefficient (Wildman–Crippen LogP) is 6.40. The molecule has 6 rings (SSSR count). The lowest BCUT2D eigenvalue weighted by molar-refractivity contribution is 0.102. The highest BCUT2D eigenvalue weighted by atomic mass is 16.2. The molecule has 2 heterocycles. The van der Waals surface area contributed by atoms with Crippen LogP contribution in [0.1, 0.15) is 27.3 Å². The molecule has 6 heteroatoms. The van der Waals surface area contributed by atoms with E-state index >= 15 is 0 Å². The molecule has 0 spiro atoms. The number of carbonyl (C=O) groups excluding carboxylic acids is 1. The Morgan fingerprint density at radius 3 is 2.37 bits per heavy atom. The number of carbonyl (C=O) groups is 1. The van der Waals surface area contributed by atoms with Crippen molar-refractivity contribution in [3.05, 3.63) is 114 Å². The second-order valence-electron chi connectivity index (χ2n) is 8.64. The van der Waals surface area contributed by atoms with Gasteiger partial charge in [-0.2, -0.15) is 5.10 Å². The lowest BCUT2D eigenvalue weighted by Crippen LogP contribution is -2.22. The number of hydrogen-bond acceptors (Lipinski definition) is 4. The van der Waals surface area contributed by atoms with Crippen LogP contribution in [-0.4, -0.2) is 21.5 Å². The van der Waals surface area contributed by atoms with E-state index in [0.29, 0.717) is 22.8 Å². The van der Waals surface area contributed by atoms with Crippen molar-refractivity contribution in [2.24, 2.45) is 4.99 Å². The molecule has 0 saturated carbocycles. The number of para-hydroxylation sites is 1. The third-order valence-electron chi connectivity index (χ3n) is 6.25. The van der Waals surface area contributed by atoms with Crippen LogP contribution in [0.5, 0.6) is 0 Å². The number of benzene rings is 4. The Hall–Kier alpha value is -4.71. The van der Waals surface area contributed by atoms with Gasteiger partial charge in [-0.05, 0) is 55.6 Å². The fourth-order valence-corrected chi connectivity index (χ4v) is 4.51. The molecule has 0 radical (unpaired) electrons. The zero-order valence-electron chi connectivity index (χ0n) is 19.4. The number of anilines is 2. The van der Waals surface area contributed by atoms with Gasteiger partial charge in [-0.25, -0.2) is 9.67 Å². The Balaban J connectivity index is 1.52. The first-order valence-electron chi connectivity index (χ1n) is 11.5. The fourth-order valence-electron chi connectivity index (χ4n) is 4.51. The van der Waals surface area contributed by atoms with Crippen LogP contribution in [0.3, 0.4) is 0 Å². The van der Waals surface area contributed by atoms with Gasteiger partial charge in [0.05, 0.1) is 22.6 Å². The van der Waals surface area contributed by atoms with E-state index in [-0.39, 0.29) is 5.91 Å². The Morgan fingerprint density at radius 2 is 1.60 bits per heavy atom. The van der Waals surface area contributed by atoms with E-state index in [1.54, 1.807) is 4.68 Å². The van der Waals surface area contributed by atoms with Gasteiger partial charge in [0.1, 0.15) is 5.84 Å². The van der Waals surface area contributed by atoms with Crippen molar-refractivity contribution in [3.63, 3.8) is 0 Å². The third kappa shape index (κ3) is 3.65. The van der Waals surface area contributed by atoms with E-state index in [1.807, 2.05) is 92.7 Å². The van der Waals surface area contributed by atoms with Crippen LogP contribution in [0.2, 0.25) is 0 Å². The summed E-state index contributed by atoms with van der Waals surface area (Å²) >= 11 is 0. The maximum absolute atomic E-state index is 13.5. The molecule has 0 fully saturated rings. The minimum absolute atomic E-state index is 0.290. The zero-order valence-corrected chi connectivity index (χ0v) is 19.4. The van der Waals surface area contributed by atoms with Crippen molar-refractivity contribution in [3.8, 4) is 5.69 Å². The summed E-state index contributed by atoms with van der Waals surface area (Å²) in [6, 6.07) is 29.7. The average molecular weight is 458 g/mol. The summed E-state index contributed by atoms with van der Waals surface area (Å²) in [5.74, 6) is 0.312. The van der Waals surface area contributed by atoms with Crippen molar-refractivity contribution < 1.29 is 4.79 Å². The molecule has 0 aliphatic carbocycles. The first kappa shape index (κ1) is 20.9. The van der Waals surface area contributed by atoms with Gasteiger partial charge in [0.2, 0.25) is 0 Å². The molecular formula is C29H23N5O. The molecule has 35 heavy (non-hydrogen) atoms. The Labute approximate surface area is 203 Å². The van der Waals surface area contributed by atoms with Gasteiger partial charge in [-0.1, -0.05) is 60.2 Å². The van der Waals surface area contributed by atoms with Crippen LogP contribution in [0, 0.1) is 13.8 Å². The maximum atomic E-state index is 13.5. The summed E-state index contributed by atoms with van der Waals surface area (Å²) < 4.78 is 1.81. The molecule has 1 aliphatic heterocycles. The van der Waals surface area contributed by atoms with E-state index in [0.717, 1.165) is 39.1 Å². The molecule has 1 amide bonds. The Morgan fingerprint density at radius 1 is 0.857 bits per heavy atom. The molecule has 0 saturated heterocycles. The van der Waals surface area contributed by atoms with Crippen LogP contribution < -0.4 is 10.6 Å². The van der Waals surface area contributed by atoms with E-state index in [4.69, 9.17) is 10.1 Å². The first-order chi connectivity index (χ1) is 17.1. The van der Waals surface area contributed by atoms with Gasteiger partial charge in [-0.15, -0.1) is 0 Å².